The maximum absolute atomic E-state index is 12.3. The zero-order valence-electron chi connectivity index (χ0n) is 13.2. The third-order valence-electron chi connectivity index (χ3n) is 3.66. The molecule has 1 aromatic carbocycles. The standard InChI is InChI=1S/C18H13Cl3N2O2/c1-10-2-4-13(15(20)6-10)16-8-12(25-23-16)3-5-17(24)14-7-11(19)9-22-18(14)21/h2,4,6-9H,3,5H2,1H3. The van der Waals surface area contributed by atoms with Crippen molar-refractivity contribution in [3.8, 4) is 11.3 Å². The first kappa shape index (κ1) is 17.9. The van der Waals surface area contributed by atoms with Gasteiger partial charge in [0, 0.05) is 30.7 Å². The van der Waals surface area contributed by atoms with Crippen LogP contribution in [0, 0.1) is 6.92 Å². The fourth-order valence-electron chi connectivity index (χ4n) is 2.38. The Morgan fingerprint density at radius 1 is 1.16 bits per heavy atom. The molecule has 25 heavy (non-hydrogen) atoms. The molecule has 2 heterocycles. The summed E-state index contributed by atoms with van der Waals surface area (Å²) in [5.74, 6) is 0.428. The van der Waals surface area contributed by atoms with Crippen LogP contribution in [0.3, 0.4) is 0 Å². The summed E-state index contributed by atoms with van der Waals surface area (Å²) >= 11 is 18.1. The number of aromatic nitrogens is 2. The van der Waals surface area contributed by atoms with Crippen LogP contribution in [0.1, 0.15) is 28.1 Å². The quantitative estimate of drug-likeness (QED) is 0.403. The van der Waals surface area contributed by atoms with Crippen molar-refractivity contribution in [3.63, 3.8) is 0 Å². The fourth-order valence-corrected chi connectivity index (χ4v) is 3.07. The molecule has 0 radical (unpaired) electrons. The number of benzene rings is 1. The maximum Gasteiger partial charge on any atom is 0.166 e. The Hall–Kier alpha value is -1.88. The second kappa shape index (κ2) is 7.56. The van der Waals surface area contributed by atoms with E-state index >= 15 is 0 Å². The Morgan fingerprint density at radius 2 is 1.96 bits per heavy atom. The minimum absolute atomic E-state index is 0.138. The summed E-state index contributed by atoms with van der Waals surface area (Å²) in [7, 11) is 0. The molecule has 0 saturated carbocycles. The smallest absolute Gasteiger partial charge is 0.166 e. The van der Waals surface area contributed by atoms with Gasteiger partial charge in [-0.1, -0.05) is 52.1 Å². The SMILES string of the molecule is Cc1ccc(-c2cc(CCC(=O)c3cc(Cl)cnc3Cl)on2)c(Cl)c1. The average Bonchev–Trinajstić information content (AvgIpc) is 3.03. The highest BCUT2D eigenvalue weighted by Gasteiger charge is 2.15. The first-order valence-corrected chi connectivity index (χ1v) is 8.64. The number of hydrogen-bond donors (Lipinski definition) is 0. The van der Waals surface area contributed by atoms with Crippen molar-refractivity contribution in [2.75, 3.05) is 0 Å². The van der Waals surface area contributed by atoms with E-state index in [1.807, 2.05) is 25.1 Å². The second-order valence-electron chi connectivity index (χ2n) is 5.58. The van der Waals surface area contributed by atoms with Crippen molar-refractivity contribution in [2.24, 2.45) is 0 Å². The van der Waals surface area contributed by atoms with Crippen molar-refractivity contribution in [3.05, 3.63) is 68.6 Å². The second-order valence-corrected chi connectivity index (χ2v) is 6.78. The number of ketones is 1. The molecule has 3 rings (SSSR count). The lowest BCUT2D eigenvalue weighted by Gasteiger charge is -2.02. The molecule has 0 aliphatic rings. The predicted molar refractivity (Wildman–Crippen MR) is 98.6 cm³/mol. The van der Waals surface area contributed by atoms with Gasteiger partial charge in [0.1, 0.15) is 16.6 Å². The number of aryl methyl sites for hydroxylation is 2. The van der Waals surface area contributed by atoms with Crippen molar-refractivity contribution >= 4 is 40.6 Å². The van der Waals surface area contributed by atoms with E-state index in [4.69, 9.17) is 39.3 Å². The van der Waals surface area contributed by atoms with Crippen LogP contribution in [-0.2, 0) is 6.42 Å². The van der Waals surface area contributed by atoms with Gasteiger partial charge in [-0.3, -0.25) is 4.79 Å². The van der Waals surface area contributed by atoms with E-state index in [1.54, 1.807) is 6.07 Å². The van der Waals surface area contributed by atoms with Gasteiger partial charge in [0.2, 0.25) is 0 Å². The molecular formula is C18H13Cl3N2O2. The lowest BCUT2D eigenvalue weighted by molar-refractivity contribution is 0.0980. The van der Waals surface area contributed by atoms with E-state index < -0.39 is 0 Å². The average molecular weight is 396 g/mol. The van der Waals surface area contributed by atoms with Gasteiger partial charge in [-0.25, -0.2) is 4.98 Å². The molecule has 3 aromatic rings. The van der Waals surface area contributed by atoms with E-state index in [2.05, 4.69) is 10.1 Å². The topological polar surface area (TPSA) is 56.0 Å². The number of Topliss-reactive ketones (excluding diaryl/α,β-unsaturated/α-hetero) is 1. The number of halogens is 3. The van der Waals surface area contributed by atoms with Gasteiger partial charge in [-0.05, 0) is 24.6 Å². The molecule has 0 spiro atoms. The van der Waals surface area contributed by atoms with Crippen LogP contribution in [-0.4, -0.2) is 15.9 Å². The largest absolute Gasteiger partial charge is 0.361 e. The number of carbonyl (C=O) groups excluding carboxylic acids is 1. The molecule has 0 atom stereocenters. The molecule has 0 amide bonds. The Labute approximate surface area is 159 Å². The van der Waals surface area contributed by atoms with E-state index in [1.165, 1.54) is 12.3 Å². The first-order chi connectivity index (χ1) is 11.9. The van der Waals surface area contributed by atoms with Crippen LogP contribution < -0.4 is 0 Å². The van der Waals surface area contributed by atoms with Crippen LogP contribution in [0.4, 0.5) is 0 Å². The van der Waals surface area contributed by atoms with Crippen molar-refractivity contribution in [2.45, 2.75) is 19.8 Å². The van der Waals surface area contributed by atoms with Gasteiger partial charge in [0.15, 0.2) is 5.78 Å². The molecule has 4 nitrogen and oxygen atoms in total. The highest BCUT2D eigenvalue weighted by Crippen LogP contribution is 2.29. The highest BCUT2D eigenvalue weighted by molar-refractivity contribution is 6.34. The molecule has 0 N–H and O–H groups in total. The molecule has 2 aromatic heterocycles. The van der Waals surface area contributed by atoms with Crippen LogP contribution in [0.5, 0.6) is 0 Å². The summed E-state index contributed by atoms with van der Waals surface area (Å²) < 4.78 is 5.31. The van der Waals surface area contributed by atoms with E-state index in [0.29, 0.717) is 33.5 Å². The summed E-state index contributed by atoms with van der Waals surface area (Å²) in [6.07, 6.45) is 1.99. The normalized spacial score (nSPS) is 10.9. The third kappa shape index (κ3) is 4.21. The number of hydrogen-bond acceptors (Lipinski definition) is 4. The molecular weight excluding hydrogens is 383 g/mol. The van der Waals surface area contributed by atoms with Gasteiger partial charge in [-0.2, -0.15) is 0 Å². The van der Waals surface area contributed by atoms with Gasteiger partial charge in [-0.15, -0.1) is 0 Å². The Balaban J connectivity index is 1.71. The Kier molecular flexibility index (Phi) is 5.42. The van der Waals surface area contributed by atoms with Crippen molar-refractivity contribution in [1.29, 1.82) is 0 Å². The van der Waals surface area contributed by atoms with Gasteiger partial charge in [0.05, 0.1) is 15.6 Å². The molecule has 0 unspecified atom stereocenters. The molecule has 0 aliphatic carbocycles. The van der Waals surface area contributed by atoms with Crippen LogP contribution in [0.25, 0.3) is 11.3 Å². The summed E-state index contributed by atoms with van der Waals surface area (Å²) in [6.45, 7) is 1.96. The number of pyridine rings is 1. The summed E-state index contributed by atoms with van der Waals surface area (Å²) in [6, 6.07) is 9.00. The number of rotatable bonds is 5. The molecule has 0 aliphatic heterocycles. The number of nitrogens with zero attached hydrogens (tertiary/aromatic N) is 2. The first-order valence-electron chi connectivity index (χ1n) is 7.50. The minimum atomic E-state index is -0.161. The highest BCUT2D eigenvalue weighted by atomic mass is 35.5. The van der Waals surface area contributed by atoms with Gasteiger partial charge < -0.3 is 4.52 Å². The molecule has 7 heteroatoms. The predicted octanol–water partition coefficient (Wildman–Crippen LogP) is 5.82. The summed E-state index contributed by atoms with van der Waals surface area (Å²) in [5.41, 5.74) is 2.79. The maximum atomic E-state index is 12.3. The van der Waals surface area contributed by atoms with Crippen LogP contribution in [0.2, 0.25) is 15.2 Å². The molecule has 128 valence electrons. The van der Waals surface area contributed by atoms with Crippen LogP contribution >= 0.6 is 34.8 Å². The number of carbonyl (C=O) groups is 1. The molecule has 0 bridgehead atoms. The lowest BCUT2D eigenvalue weighted by Crippen LogP contribution is -2.03. The molecule has 0 fully saturated rings. The monoisotopic (exact) mass is 394 g/mol. The van der Waals surface area contributed by atoms with Gasteiger partial charge >= 0.3 is 0 Å². The Morgan fingerprint density at radius 3 is 2.72 bits per heavy atom. The molecule has 0 saturated heterocycles. The zero-order valence-corrected chi connectivity index (χ0v) is 15.5. The van der Waals surface area contributed by atoms with E-state index in [9.17, 15) is 4.79 Å². The summed E-state index contributed by atoms with van der Waals surface area (Å²) in [4.78, 5) is 16.2. The minimum Gasteiger partial charge on any atom is -0.361 e. The lowest BCUT2D eigenvalue weighted by atomic mass is 10.1. The third-order valence-corrected chi connectivity index (χ3v) is 4.48. The van der Waals surface area contributed by atoms with E-state index in [0.717, 1.165) is 11.1 Å². The Bertz CT molecular complexity index is 938. The zero-order chi connectivity index (χ0) is 18.0. The summed E-state index contributed by atoms with van der Waals surface area (Å²) in [5, 5.41) is 5.14. The van der Waals surface area contributed by atoms with E-state index in [-0.39, 0.29) is 17.4 Å². The van der Waals surface area contributed by atoms with Crippen molar-refractivity contribution in [1.82, 2.24) is 10.1 Å². The van der Waals surface area contributed by atoms with Crippen molar-refractivity contribution < 1.29 is 9.32 Å². The van der Waals surface area contributed by atoms with Gasteiger partial charge in [0.25, 0.3) is 0 Å². The fraction of sp³-hybridized carbons (Fsp3) is 0.167. The van der Waals surface area contributed by atoms with Crippen LogP contribution in [0.15, 0.2) is 41.1 Å².